The number of carbonyl (C=O) groups excluding carboxylic acids is 3. The summed E-state index contributed by atoms with van der Waals surface area (Å²) < 4.78 is 9.79. The topological polar surface area (TPSA) is 76.2 Å². The normalized spacial score (nSPS) is 19.3. The van der Waals surface area contributed by atoms with E-state index >= 15 is 0 Å². The highest BCUT2D eigenvalue weighted by Crippen LogP contribution is 2.09. The molecule has 0 saturated carbocycles. The Bertz CT molecular complexity index is 344. The van der Waals surface area contributed by atoms with Gasteiger partial charge < -0.3 is 19.3 Å². The minimum absolute atomic E-state index is 0.0528. The van der Waals surface area contributed by atoms with Gasteiger partial charge in [0.05, 0.1) is 26.9 Å². The lowest BCUT2D eigenvalue weighted by Gasteiger charge is -2.34. The predicted molar refractivity (Wildman–Crippen MR) is 61.6 cm³/mol. The number of carbonyl (C=O) groups is 3. The Morgan fingerprint density at radius 1 is 1.44 bits per heavy atom. The van der Waals surface area contributed by atoms with Gasteiger partial charge in [-0.3, -0.25) is 9.59 Å². The third-order valence-electron chi connectivity index (χ3n) is 2.83. The van der Waals surface area contributed by atoms with Crippen molar-refractivity contribution in [2.45, 2.75) is 13.0 Å². The molecule has 0 aliphatic carbocycles. The zero-order valence-corrected chi connectivity index (χ0v) is 10.8. The van der Waals surface area contributed by atoms with Crippen LogP contribution in [-0.2, 0) is 23.9 Å². The van der Waals surface area contributed by atoms with Gasteiger partial charge in [0, 0.05) is 20.5 Å². The minimum atomic E-state index is -0.725. The number of rotatable bonds is 3. The van der Waals surface area contributed by atoms with Gasteiger partial charge in [-0.1, -0.05) is 0 Å². The molecular formula is C11H18N2O5. The molecule has 1 rings (SSSR count). The average molecular weight is 258 g/mol. The third-order valence-corrected chi connectivity index (χ3v) is 2.83. The van der Waals surface area contributed by atoms with Crippen LogP contribution in [0.25, 0.3) is 0 Å². The molecule has 1 fully saturated rings. The Kier molecular flexibility index (Phi) is 5.08. The summed E-state index contributed by atoms with van der Waals surface area (Å²) in [5.74, 6) is -0.994. The number of ether oxygens (including phenoxy) is 2. The molecule has 1 atom stereocenters. The number of morpholine rings is 1. The molecule has 0 aromatic carbocycles. The number of likely N-dealkylation sites (N-methyl/N-ethyl adjacent to an activating group) is 1. The smallest absolute Gasteiger partial charge is 0.331 e. The number of hydrogen-bond acceptors (Lipinski definition) is 5. The fraction of sp³-hybridized carbons (Fsp3) is 0.727. The molecular weight excluding hydrogens is 240 g/mol. The Morgan fingerprint density at radius 2 is 2.11 bits per heavy atom. The molecule has 2 amide bonds. The quantitative estimate of drug-likeness (QED) is 0.598. The first kappa shape index (κ1) is 14.4. The van der Waals surface area contributed by atoms with Gasteiger partial charge in [-0.05, 0) is 0 Å². The SMILES string of the molecule is COC(=O)C1COCCN1C(=O)CN(C)C(C)=O. The third kappa shape index (κ3) is 3.43. The van der Waals surface area contributed by atoms with Gasteiger partial charge >= 0.3 is 5.97 Å². The Hall–Kier alpha value is -1.63. The number of methoxy groups -OCH3 is 1. The van der Waals surface area contributed by atoms with E-state index in [0.29, 0.717) is 13.2 Å². The fourth-order valence-electron chi connectivity index (χ4n) is 1.64. The van der Waals surface area contributed by atoms with Crippen LogP contribution < -0.4 is 0 Å². The summed E-state index contributed by atoms with van der Waals surface area (Å²) in [7, 11) is 2.80. The van der Waals surface area contributed by atoms with Gasteiger partial charge in [-0.25, -0.2) is 4.79 Å². The number of amides is 2. The monoisotopic (exact) mass is 258 g/mol. The van der Waals surface area contributed by atoms with E-state index in [-0.39, 0.29) is 25.0 Å². The van der Waals surface area contributed by atoms with Crippen molar-refractivity contribution in [2.24, 2.45) is 0 Å². The molecule has 1 saturated heterocycles. The van der Waals surface area contributed by atoms with Crippen LogP contribution in [0.4, 0.5) is 0 Å². The highest BCUT2D eigenvalue weighted by molar-refractivity contribution is 5.88. The van der Waals surface area contributed by atoms with Crippen LogP contribution in [0.5, 0.6) is 0 Å². The van der Waals surface area contributed by atoms with Gasteiger partial charge in [0.25, 0.3) is 0 Å². The highest BCUT2D eigenvalue weighted by Gasteiger charge is 2.33. The first-order valence-corrected chi connectivity index (χ1v) is 5.64. The number of hydrogen-bond donors (Lipinski definition) is 0. The molecule has 18 heavy (non-hydrogen) atoms. The van der Waals surface area contributed by atoms with E-state index in [0.717, 1.165) is 0 Å². The van der Waals surface area contributed by atoms with Crippen molar-refractivity contribution < 1.29 is 23.9 Å². The Labute approximate surface area is 106 Å². The zero-order valence-electron chi connectivity index (χ0n) is 10.8. The summed E-state index contributed by atoms with van der Waals surface area (Å²) in [5, 5.41) is 0. The van der Waals surface area contributed by atoms with Crippen molar-refractivity contribution >= 4 is 17.8 Å². The van der Waals surface area contributed by atoms with Crippen LogP contribution in [0, 0.1) is 0 Å². The second-order valence-electron chi connectivity index (χ2n) is 4.08. The lowest BCUT2D eigenvalue weighted by molar-refractivity contribution is -0.161. The molecule has 0 bridgehead atoms. The molecule has 0 spiro atoms. The lowest BCUT2D eigenvalue weighted by Crippen LogP contribution is -2.55. The minimum Gasteiger partial charge on any atom is -0.467 e. The van der Waals surface area contributed by atoms with Crippen molar-refractivity contribution in [1.29, 1.82) is 0 Å². The number of nitrogens with zero attached hydrogens (tertiary/aromatic N) is 2. The van der Waals surface area contributed by atoms with E-state index in [1.807, 2.05) is 0 Å². The van der Waals surface area contributed by atoms with Crippen LogP contribution >= 0.6 is 0 Å². The highest BCUT2D eigenvalue weighted by atomic mass is 16.5. The lowest BCUT2D eigenvalue weighted by atomic mass is 10.2. The first-order chi connectivity index (χ1) is 8.47. The van der Waals surface area contributed by atoms with Gasteiger partial charge in [-0.15, -0.1) is 0 Å². The maximum absolute atomic E-state index is 12.0. The van der Waals surface area contributed by atoms with E-state index < -0.39 is 12.0 Å². The Balaban J connectivity index is 2.68. The molecule has 1 unspecified atom stereocenters. The van der Waals surface area contributed by atoms with Gasteiger partial charge in [-0.2, -0.15) is 0 Å². The molecule has 1 aliphatic rings. The van der Waals surface area contributed by atoms with Gasteiger partial charge in [0.1, 0.15) is 0 Å². The van der Waals surface area contributed by atoms with Crippen LogP contribution in [0.1, 0.15) is 6.92 Å². The van der Waals surface area contributed by atoms with E-state index in [1.165, 1.54) is 30.9 Å². The molecule has 1 aliphatic heterocycles. The standard InChI is InChI=1S/C11H18N2O5/c1-8(14)12(2)6-10(15)13-4-5-18-7-9(13)11(16)17-3/h9H,4-7H2,1-3H3. The van der Waals surface area contributed by atoms with Gasteiger partial charge in [0.2, 0.25) is 11.8 Å². The predicted octanol–water partition coefficient (Wildman–Crippen LogP) is -1.13. The Morgan fingerprint density at radius 3 is 2.67 bits per heavy atom. The second kappa shape index (κ2) is 6.34. The van der Waals surface area contributed by atoms with Crippen molar-refractivity contribution in [3.8, 4) is 0 Å². The maximum Gasteiger partial charge on any atom is 0.331 e. The van der Waals surface area contributed by atoms with Gasteiger partial charge in [0.15, 0.2) is 6.04 Å². The van der Waals surface area contributed by atoms with E-state index in [1.54, 1.807) is 0 Å². The molecule has 0 aromatic heterocycles. The van der Waals surface area contributed by atoms with E-state index in [2.05, 4.69) is 4.74 Å². The summed E-state index contributed by atoms with van der Waals surface area (Å²) in [5.41, 5.74) is 0. The van der Waals surface area contributed by atoms with E-state index in [4.69, 9.17) is 4.74 Å². The summed E-state index contributed by atoms with van der Waals surface area (Å²) in [6.07, 6.45) is 0. The summed E-state index contributed by atoms with van der Waals surface area (Å²) in [4.78, 5) is 37.3. The molecule has 7 nitrogen and oxygen atoms in total. The fourth-order valence-corrected chi connectivity index (χ4v) is 1.64. The summed E-state index contributed by atoms with van der Waals surface area (Å²) in [6.45, 7) is 2.16. The second-order valence-corrected chi connectivity index (χ2v) is 4.08. The molecule has 7 heteroatoms. The van der Waals surface area contributed by atoms with Crippen LogP contribution in [0.15, 0.2) is 0 Å². The largest absolute Gasteiger partial charge is 0.467 e. The maximum atomic E-state index is 12.0. The molecule has 0 radical (unpaired) electrons. The summed E-state index contributed by atoms with van der Waals surface area (Å²) >= 11 is 0. The number of esters is 1. The van der Waals surface area contributed by atoms with Crippen LogP contribution in [0.2, 0.25) is 0 Å². The molecule has 0 N–H and O–H groups in total. The van der Waals surface area contributed by atoms with Crippen molar-refractivity contribution in [2.75, 3.05) is 40.5 Å². The average Bonchev–Trinajstić information content (AvgIpc) is 2.37. The molecule has 102 valence electrons. The van der Waals surface area contributed by atoms with Crippen molar-refractivity contribution in [3.05, 3.63) is 0 Å². The first-order valence-electron chi connectivity index (χ1n) is 5.64. The van der Waals surface area contributed by atoms with Crippen LogP contribution in [0.3, 0.4) is 0 Å². The molecule has 1 heterocycles. The summed E-state index contributed by atoms with van der Waals surface area (Å²) in [6, 6.07) is -0.725. The van der Waals surface area contributed by atoms with Crippen molar-refractivity contribution in [3.63, 3.8) is 0 Å². The van der Waals surface area contributed by atoms with Crippen molar-refractivity contribution in [1.82, 2.24) is 9.80 Å². The zero-order chi connectivity index (χ0) is 13.7. The van der Waals surface area contributed by atoms with E-state index in [9.17, 15) is 14.4 Å². The van der Waals surface area contributed by atoms with Crippen LogP contribution in [-0.4, -0.2) is 74.1 Å². The molecule has 0 aromatic rings.